The van der Waals surface area contributed by atoms with Gasteiger partial charge < -0.3 is 5.32 Å². The largest absolute Gasteiger partial charge is 0.351 e. The van der Waals surface area contributed by atoms with Gasteiger partial charge in [-0.3, -0.25) is 9.36 Å². The number of hydrogen-bond acceptors (Lipinski definition) is 4. The van der Waals surface area contributed by atoms with Gasteiger partial charge in [0.05, 0.1) is 5.25 Å². The Morgan fingerprint density at radius 1 is 1.48 bits per heavy atom. The number of nitrogens with one attached hydrogen (secondary N) is 2. The first-order valence-corrected chi connectivity index (χ1v) is 8.61. The number of amides is 1. The molecular weight excluding hydrogens is 336 g/mol. The van der Waals surface area contributed by atoms with Gasteiger partial charge in [-0.15, -0.1) is 5.10 Å². The molecule has 1 atom stereocenters. The molecular formula is C15H19ClN4O2S. The Bertz CT molecular complexity index is 728. The van der Waals surface area contributed by atoms with Crippen molar-refractivity contribution >= 4 is 29.3 Å². The number of benzene rings is 1. The summed E-state index contributed by atoms with van der Waals surface area (Å²) in [6, 6.07) is 7.37. The van der Waals surface area contributed by atoms with Crippen molar-refractivity contribution in [2.45, 2.75) is 43.8 Å². The van der Waals surface area contributed by atoms with Crippen molar-refractivity contribution in [3.63, 3.8) is 0 Å². The van der Waals surface area contributed by atoms with Crippen LogP contribution in [0.25, 0.3) is 0 Å². The summed E-state index contributed by atoms with van der Waals surface area (Å²) in [7, 11) is 0. The van der Waals surface area contributed by atoms with Gasteiger partial charge >= 0.3 is 5.69 Å². The first-order valence-electron chi connectivity index (χ1n) is 7.36. The van der Waals surface area contributed by atoms with Crippen LogP contribution in [0.3, 0.4) is 0 Å². The zero-order chi connectivity index (χ0) is 16.8. The standard InChI is InChI=1S/C15H19ClN4O2S/c1-3-8-20-14(22)18-19-15(20)23-10(2)13(21)17-9-11-6-4-5-7-12(11)16/h4-7,10H,3,8-9H2,1-2H3,(H,17,21)(H,18,22)/t10-/m1/s1. The van der Waals surface area contributed by atoms with Crippen molar-refractivity contribution in [2.24, 2.45) is 0 Å². The Labute approximate surface area is 143 Å². The molecule has 0 saturated heterocycles. The molecule has 0 saturated carbocycles. The van der Waals surface area contributed by atoms with Gasteiger partial charge in [-0.25, -0.2) is 9.89 Å². The molecule has 0 unspecified atom stereocenters. The van der Waals surface area contributed by atoms with E-state index in [4.69, 9.17) is 11.6 Å². The quantitative estimate of drug-likeness (QED) is 0.748. The van der Waals surface area contributed by atoms with E-state index in [0.717, 1.165) is 12.0 Å². The number of carbonyl (C=O) groups is 1. The van der Waals surface area contributed by atoms with Crippen molar-refractivity contribution in [3.05, 3.63) is 45.3 Å². The van der Waals surface area contributed by atoms with Crippen LogP contribution in [0.1, 0.15) is 25.8 Å². The number of nitrogens with zero attached hydrogens (tertiary/aromatic N) is 2. The predicted molar refractivity (Wildman–Crippen MR) is 91.8 cm³/mol. The minimum absolute atomic E-state index is 0.131. The molecule has 0 spiro atoms. The Balaban J connectivity index is 1.95. The zero-order valence-corrected chi connectivity index (χ0v) is 14.6. The molecule has 1 aromatic carbocycles. The molecule has 6 nitrogen and oxygen atoms in total. The maximum atomic E-state index is 12.2. The van der Waals surface area contributed by atoms with Gasteiger partial charge in [0.1, 0.15) is 0 Å². The lowest BCUT2D eigenvalue weighted by atomic mass is 10.2. The number of rotatable bonds is 7. The fraction of sp³-hybridized carbons (Fsp3) is 0.400. The molecule has 2 rings (SSSR count). The highest BCUT2D eigenvalue weighted by atomic mass is 35.5. The summed E-state index contributed by atoms with van der Waals surface area (Å²) in [5.74, 6) is -0.131. The summed E-state index contributed by atoms with van der Waals surface area (Å²) in [5, 5.41) is 10.0. The summed E-state index contributed by atoms with van der Waals surface area (Å²) < 4.78 is 1.54. The van der Waals surface area contributed by atoms with E-state index < -0.39 is 0 Å². The van der Waals surface area contributed by atoms with Gasteiger partial charge in [0.2, 0.25) is 5.91 Å². The van der Waals surface area contributed by atoms with Gasteiger partial charge in [0.25, 0.3) is 0 Å². The molecule has 8 heteroatoms. The highest BCUT2D eigenvalue weighted by Crippen LogP contribution is 2.20. The number of H-pyrrole nitrogens is 1. The smallest absolute Gasteiger partial charge is 0.343 e. The van der Waals surface area contributed by atoms with Crippen LogP contribution < -0.4 is 11.0 Å². The Hall–Kier alpha value is -1.73. The first-order chi connectivity index (χ1) is 11.0. The van der Waals surface area contributed by atoms with E-state index in [2.05, 4.69) is 15.5 Å². The molecule has 0 bridgehead atoms. The number of aromatic nitrogens is 3. The van der Waals surface area contributed by atoms with Crippen LogP contribution in [0.15, 0.2) is 34.2 Å². The van der Waals surface area contributed by atoms with Crippen LogP contribution in [-0.2, 0) is 17.9 Å². The molecule has 2 N–H and O–H groups in total. The number of thioether (sulfide) groups is 1. The monoisotopic (exact) mass is 354 g/mol. The van der Waals surface area contributed by atoms with Crippen LogP contribution in [0.2, 0.25) is 5.02 Å². The molecule has 0 aliphatic rings. The number of halogens is 1. The van der Waals surface area contributed by atoms with Gasteiger partial charge in [-0.05, 0) is 25.0 Å². The fourth-order valence-electron chi connectivity index (χ4n) is 1.99. The maximum Gasteiger partial charge on any atom is 0.343 e. The van der Waals surface area contributed by atoms with Crippen molar-refractivity contribution in [1.82, 2.24) is 20.1 Å². The molecule has 23 heavy (non-hydrogen) atoms. The average Bonchev–Trinajstić information content (AvgIpc) is 2.87. The fourth-order valence-corrected chi connectivity index (χ4v) is 3.10. The lowest BCUT2D eigenvalue weighted by Crippen LogP contribution is -2.31. The summed E-state index contributed by atoms with van der Waals surface area (Å²) in [6.07, 6.45) is 0.820. The topological polar surface area (TPSA) is 79.8 Å². The highest BCUT2D eigenvalue weighted by molar-refractivity contribution is 8.00. The SMILES string of the molecule is CCCn1c(S[C@H](C)C(=O)NCc2ccccc2Cl)n[nH]c1=O. The van der Waals surface area contributed by atoms with Crippen LogP contribution in [0.5, 0.6) is 0 Å². The van der Waals surface area contributed by atoms with Crippen molar-refractivity contribution < 1.29 is 4.79 Å². The van der Waals surface area contributed by atoms with Crippen molar-refractivity contribution in [3.8, 4) is 0 Å². The van der Waals surface area contributed by atoms with Gasteiger partial charge in [-0.1, -0.05) is 48.5 Å². The van der Waals surface area contributed by atoms with Crippen LogP contribution in [-0.4, -0.2) is 25.9 Å². The molecule has 124 valence electrons. The minimum atomic E-state index is -0.372. The number of carbonyl (C=O) groups excluding carboxylic acids is 1. The van der Waals surface area contributed by atoms with E-state index in [0.29, 0.717) is 23.3 Å². The molecule has 1 aromatic heterocycles. The zero-order valence-electron chi connectivity index (χ0n) is 13.0. The van der Waals surface area contributed by atoms with E-state index in [-0.39, 0.29) is 16.8 Å². The average molecular weight is 355 g/mol. The van der Waals surface area contributed by atoms with Crippen LogP contribution in [0.4, 0.5) is 0 Å². The van der Waals surface area contributed by atoms with Crippen molar-refractivity contribution in [2.75, 3.05) is 0 Å². The maximum absolute atomic E-state index is 12.2. The highest BCUT2D eigenvalue weighted by Gasteiger charge is 2.18. The molecule has 0 radical (unpaired) electrons. The summed E-state index contributed by atoms with van der Waals surface area (Å²) in [4.78, 5) is 23.9. The number of hydrogen-bond donors (Lipinski definition) is 2. The Morgan fingerprint density at radius 2 is 2.22 bits per heavy atom. The van der Waals surface area contributed by atoms with E-state index in [9.17, 15) is 9.59 Å². The minimum Gasteiger partial charge on any atom is -0.351 e. The normalized spacial score (nSPS) is 12.1. The van der Waals surface area contributed by atoms with E-state index in [1.54, 1.807) is 17.6 Å². The third kappa shape index (κ3) is 4.62. The second-order valence-electron chi connectivity index (χ2n) is 5.03. The summed E-state index contributed by atoms with van der Waals surface area (Å²) in [5.41, 5.74) is 0.611. The Morgan fingerprint density at radius 3 is 2.91 bits per heavy atom. The summed E-state index contributed by atoms with van der Waals surface area (Å²) >= 11 is 7.32. The molecule has 1 amide bonds. The Kier molecular flexibility index (Phi) is 6.29. The molecule has 0 aliphatic carbocycles. The van der Waals surface area contributed by atoms with E-state index >= 15 is 0 Å². The molecule has 2 aromatic rings. The second kappa shape index (κ2) is 8.21. The van der Waals surface area contributed by atoms with Gasteiger partial charge in [0.15, 0.2) is 5.16 Å². The summed E-state index contributed by atoms with van der Waals surface area (Å²) in [6.45, 7) is 4.70. The third-order valence-corrected chi connectivity index (χ3v) is 4.69. The molecule has 0 fully saturated rings. The lowest BCUT2D eigenvalue weighted by Gasteiger charge is -2.12. The van der Waals surface area contributed by atoms with Crippen LogP contribution >= 0.6 is 23.4 Å². The lowest BCUT2D eigenvalue weighted by molar-refractivity contribution is -0.120. The first kappa shape index (κ1) is 17.6. The predicted octanol–water partition coefficient (Wildman–Crippen LogP) is 2.43. The molecule has 0 aliphatic heterocycles. The van der Waals surface area contributed by atoms with E-state index in [1.165, 1.54) is 11.8 Å². The van der Waals surface area contributed by atoms with Gasteiger partial charge in [0, 0.05) is 18.1 Å². The second-order valence-corrected chi connectivity index (χ2v) is 6.75. The van der Waals surface area contributed by atoms with Crippen LogP contribution in [0, 0.1) is 0 Å². The van der Waals surface area contributed by atoms with Gasteiger partial charge in [-0.2, -0.15) is 0 Å². The van der Waals surface area contributed by atoms with Crippen molar-refractivity contribution in [1.29, 1.82) is 0 Å². The third-order valence-electron chi connectivity index (χ3n) is 3.23. The van der Waals surface area contributed by atoms with E-state index in [1.807, 2.05) is 25.1 Å². The number of aromatic amines is 1. The molecule has 1 heterocycles.